The number of amides is 4. The van der Waals surface area contributed by atoms with Crippen molar-refractivity contribution in [3.05, 3.63) is 0 Å². The van der Waals surface area contributed by atoms with Gasteiger partial charge in [-0.25, -0.2) is 0 Å². The Morgan fingerprint density at radius 1 is 0.920 bits per heavy atom. The van der Waals surface area contributed by atoms with E-state index in [1.165, 1.54) is 11.8 Å². The minimum absolute atomic E-state index is 0.0937. The predicted octanol–water partition coefficient (Wildman–Crippen LogP) is -2.87. The standard InChI is InChI=1S/C15H25N5O5/c1-10(21)6-17-12(22)7-18-13(23)8-19-15(25)11-4-3-5-20(11)14(24)9-16-2/h11,16H,3-9H2,1-2H3,(H,17,22)(H,18,23)(H,19,25)/t11-/m0/s1. The monoisotopic (exact) mass is 355 g/mol. The van der Waals surface area contributed by atoms with Crippen LogP contribution in [0.5, 0.6) is 0 Å². The lowest BCUT2D eigenvalue weighted by molar-refractivity contribution is -0.138. The van der Waals surface area contributed by atoms with E-state index in [4.69, 9.17) is 0 Å². The Labute approximate surface area is 146 Å². The molecular weight excluding hydrogens is 330 g/mol. The largest absolute Gasteiger partial charge is 0.348 e. The van der Waals surface area contributed by atoms with Crippen LogP contribution in [0.15, 0.2) is 0 Å². The van der Waals surface area contributed by atoms with Gasteiger partial charge in [0, 0.05) is 6.54 Å². The second-order valence-corrected chi connectivity index (χ2v) is 5.75. The van der Waals surface area contributed by atoms with Crippen LogP contribution in [-0.2, 0) is 24.0 Å². The van der Waals surface area contributed by atoms with E-state index in [9.17, 15) is 24.0 Å². The number of carbonyl (C=O) groups is 5. The summed E-state index contributed by atoms with van der Waals surface area (Å²) in [5.41, 5.74) is 0. The number of nitrogens with zero attached hydrogens (tertiary/aromatic N) is 1. The number of hydrogen-bond donors (Lipinski definition) is 4. The lowest BCUT2D eigenvalue weighted by atomic mass is 10.2. The summed E-state index contributed by atoms with van der Waals surface area (Å²) in [5, 5.41) is 9.90. The van der Waals surface area contributed by atoms with Crippen molar-refractivity contribution < 1.29 is 24.0 Å². The molecule has 0 aliphatic carbocycles. The highest BCUT2D eigenvalue weighted by atomic mass is 16.2. The van der Waals surface area contributed by atoms with E-state index in [0.29, 0.717) is 13.0 Å². The average Bonchev–Trinajstić information content (AvgIpc) is 3.06. The Kier molecular flexibility index (Phi) is 8.54. The smallest absolute Gasteiger partial charge is 0.243 e. The first-order chi connectivity index (χ1) is 11.8. The highest BCUT2D eigenvalue weighted by molar-refractivity contribution is 5.92. The summed E-state index contributed by atoms with van der Waals surface area (Å²) in [6, 6.07) is -0.576. The number of likely N-dealkylation sites (N-methyl/N-ethyl adjacent to an activating group) is 1. The number of likely N-dealkylation sites (tertiary alicyclic amines) is 1. The van der Waals surface area contributed by atoms with Crippen molar-refractivity contribution in [3.8, 4) is 0 Å². The normalized spacial score (nSPS) is 16.2. The van der Waals surface area contributed by atoms with Gasteiger partial charge < -0.3 is 26.2 Å². The molecule has 10 heteroatoms. The minimum atomic E-state index is -0.576. The van der Waals surface area contributed by atoms with Gasteiger partial charge in [0.1, 0.15) is 11.8 Å². The molecule has 4 amide bonds. The minimum Gasteiger partial charge on any atom is -0.348 e. The molecule has 0 spiro atoms. The molecule has 0 bridgehead atoms. The van der Waals surface area contributed by atoms with Crippen LogP contribution in [0.1, 0.15) is 19.8 Å². The summed E-state index contributed by atoms with van der Waals surface area (Å²) in [6.07, 6.45) is 1.28. The van der Waals surface area contributed by atoms with Gasteiger partial charge in [-0.15, -0.1) is 0 Å². The summed E-state index contributed by atoms with van der Waals surface area (Å²) in [5.74, 6) is -1.77. The molecule has 1 heterocycles. The van der Waals surface area contributed by atoms with E-state index in [1.54, 1.807) is 7.05 Å². The molecule has 140 valence electrons. The molecule has 1 saturated heterocycles. The molecule has 25 heavy (non-hydrogen) atoms. The van der Waals surface area contributed by atoms with E-state index < -0.39 is 23.8 Å². The van der Waals surface area contributed by atoms with Crippen molar-refractivity contribution in [1.82, 2.24) is 26.2 Å². The van der Waals surface area contributed by atoms with Crippen LogP contribution in [-0.4, -0.2) is 80.1 Å². The molecule has 0 radical (unpaired) electrons. The van der Waals surface area contributed by atoms with Crippen molar-refractivity contribution in [1.29, 1.82) is 0 Å². The van der Waals surface area contributed by atoms with Crippen LogP contribution in [0.4, 0.5) is 0 Å². The van der Waals surface area contributed by atoms with Crippen molar-refractivity contribution in [2.45, 2.75) is 25.8 Å². The first-order valence-corrected chi connectivity index (χ1v) is 8.09. The van der Waals surface area contributed by atoms with Crippen LogP contribution in [0, 0.1) is 0 Å². The lowest BCUT2D eigenvalue weighted by Crippen LogP contribution is -2.50. The summed E-state index contributed by atoms with van der Waals surface area (Å²) in [7, 11) is 1.65. The zero-order valence-corrected chi connectivity index (χ0v) is 14.5. The summed E-state index contributed by atoms with van der Waals surface area (Å²) >= 11 is 0. The Hall–Kier alpha value is -2.49. The average molecular weight is 355 g/mol. The van der Waals surface area contributed by atoms with E-state index in [1.807, 2.05) is 0 Å². The van der Waals surface area contributed by atoms with Gasteiger partial charge in [-0.05, 0) is 26.8 Å². The molecule has 4 N–H and O–H groups in total. The molecule has 1 aliphatic heterocycles. The second-order valence-electron chi connectivity index (χ2n) is 5.75. The third-order valence-corrected chi connectivity index (χ3v) is 3.61. The topological polar surface area (TPSA) is 137 Å². The highest BCUT2D eigenvalue weighted by Crippen LogP contribution is 2.17. The van der Waals surface area contributed by atoms with Crippen molar-refractivity contribution in [2.75, 3.05) is 39.8 Å². The Bertz CT molecular complexity index is 536. The van der Waals surface area contributed by atoms with E-state index in [2.05, 4.69) is 21.3 Å². The number of carbonyl (C=O) groups excluding carboxylic acids is 5. The van der Waals surface area contributed by atoms with Gasteiger partial charge in [-0.2, -0.15) is 0 Å². The van der Waals surface area contributed by atoms with Crippen molar-refractivity contribution in [3.63, 3.8) is 0 Å². The third-order valence-electron chi connectivity index (χ3n) is 3.61. The molecule has 1 fully saturated rings. The van der Waals surface area contributed by atoms with Gasteiger partial charge in [0.25, 0.3) is 0 Å². The molecule has 1 atom stereocenters. The Morgan fingerprint density at radius 2 is 1.52 bits per heavy atom. The van der Waals surface area contributed by atoms with Crippen LogP contribution < -0.4 is 21.3 Å². The van der Waals surface area contributed by atoms with Crippen LogP contribution >= 0.6 is 0 Å². The molecular formula is C15H25N5O5. The first kappa shape index (κ1) is 20.6. The zero-order chi connectivity index (χ0) is 18.8. The fraction of sp³-hybridized carbons (Fsp3) is 0.667. The third kappa shape index (κ3) is 7.29. The lowest BCUT2D eigenvalue weighted by Gasteiger charge is -2.23. The van der Waals surface area contributed by atoms with Gasteiger partial charge >= 0.3 is 0 Å². The maximum absolute atomic E-state index is 12.2. The van der Waals surface area contributed by atoms with Crippen LogP contribution in [0.3, 0.4) is 0 Å². The number of ketones is 1. The fourth-order valence-corrected chi connectivity index (χ4v) is 2.40. The summed E-state index contributed by atoms with van der Waals surface area (Å²) < 4.78 is 0. The molecule has 0 aromatic heterocycles. The first-order valence-electron chi connectivity index (χ1n) is 8.09. The molecule has 10 nitrogen and oxygen atoms in total. The number of Topliss-reactive ketones (excluding diaryl/α,β-unsaturated/α-hetero) is 1. The predicted molar refractivity (Wildman–Crippen MR) is 88.4 cm³/mol. The van der Waals surface area contributed by atoms with Gasteiger partial charge in [0.05, 0.1) is 26.2 Å². The van der Waals surface area contributed by atoms with Crippen LogP contribution in [0.25, 0.3) is 0 Å². The zero-order valence-electron chi connectivity index (χ0n) is 14.5. The van der Waals surface area contributed by atoms with E-state index >= 15 is 0 Å². The number of rotatable bonds is 9. The SMILES string of the molecule is CNCC(=O)N1CCC[C@H]1C(=O)NCC(=O)NCC(=O)NCC(C)=O. The molecule has 0 aromatic carbocycles. The Morgan fingerprint density at radius 3 is 2.12 bits per heavy atom. The summed E-state index contributed by atoms with van der Waals surface area (Å²) in [6.45, 7) is 1.34. The van der Waals surface area contributed by atoms with Gasteiger partial charge in [-0.3, -0.25) is 24.0 Å². The van der Waals surface area contributed by atoms with E-state index in [-0.39, 0.29) is 37.9 Å². The maximum atomic E-state index is 12.2. The van der Waals surface area contributed by atoms with Gasteiger partial charge in [0.2, 0.25) is 23.6 Å². The van der Waals surface area contributed by atoms with E-state index in [0.717, 1.165) is 6.42 Å². The second kappa shape index (κ2) is 10.4. The summed E-state index contributed by atoms with van der Waals surface area (Å²) in [4.78, 5) is 59.3. The Balaban J connectivity index is 2.32. The van der Waals surface area contributed by atoms with Crippen molar-refractivity contribution >= 4 is 29.4 Å². The maximum Gasteiger partial charge on any atom is 0.243 e. The molecule has 1 rings (SSSR count). The van der Waals surface area contributed by atoms with Crippen molar-refractivity contribution in [2.24, 2.45) is 0 Å². The molecule has 1 aliphatic rings. The molecule has 0 aromatic rings. The number of hydrogen-bond acceptors (Lipinski definition) is 6. The molecule has 0 unspecified atom stereocenters. The number of nitrogens with one attached hydrogen (secondary N) is 4. The van der Waals surface area contributed by atoms with Gasteiger partial charge in [0.15, 0.2) is 0 Å². The van der Waals surface area contributed by atoms with Gasteiger partial charge in [-0.1, -0.05) is 0 Å². The van der Waals surface area contributed by atoms with Crippen LogP contribution in [0.2, 0.25) is 0 Å². The fourth-order valence-electron chi connectivity index (χ4n) is 2.40. The quantitative estimate of drug-likeness (QED) is 0.351. The molecule has 0 saturated carbocycles. The highest BCUT2D eigenvalue weighted by Gasteiger charge is 2.33.